The lowest BCUT2D eigenvalue weighted by Gasteiger charge is -2.03. The minimum Gasteiger partial charge on any atom is -0.0593 e. The van der Waals surface area contributed by atoms with E-state index in [4.69, 9.17) is 0 Å². The minimum atomic E-state index is 0.565. The van der Waals surface area contributed by atoms with Crippen LogP contribution in [0.2, 0.25) is 0 Å². The molecule has 1 aromatic carbocycles. The quantitative estimate of drug-likeness (QED) is 0.589. The number of hydrogen-bond donors (Lipinski definition) is 0. The first kappa shape index (κ1) is 7.85. The molecule has 0 radical (unpaired) electrons. The van der Waals surface area contributed by atoms with Gasteiger partial charge in [-0.05, 0) is 30.2 Å². The van der Waals surface area contributed by atoms with Crippen LogP contribution in [0.4, 0.5) is 0 Å². The second-order valence-corrected chi connectivity index (χ2v) is 4.66. The predicted octanol–water partition coefficient (Wildman–Crippen LogP) is 3.51. The Hall–Kier alpha value is -0.780. The number of hydrogen-bond acceptors (Lipinski definition) is 0. The molecule has 1 unspecified atom stereocenters. The molecule has 1 fully saturated rings. The molecule has 0 bridgehead atoms. The van der Waals surface area contributed by atoms with Crippen LogP contribution in [0, 0.1) is 12.3 Å². The van der Waals surface area contributed by atoms with E-state index in [1.54, 1.807) is 0 Å². The van der Waals surface area contributed by atoms with Crippen molar-refractivity contribution in [2.75, 3.05) is 0 Å². The van der Waals surface area contributed by atoms with Gasteiger partial charge in [0.1, 0.15) is 0 Å². The van der Waals surface area contributed by atoms with Crippen molar-refractivity contribution < 1.29 is 0 Å². The SMILES string of the molecule is Cc1ccc(C2CC2(C)C)cc1. The van der Waals surface area contributed by atoms with Crippen LogP contribution in [0.1, 0.15) is 37.3 Å². The van der Waals surface area contributed by atoms with Gasteiger partial charge in [-0.3, -0.25) is 0 Å². The van der Waals surface area contributed by atoms with Crippen LogP contribution in [0.3, 0.4) is 0 Å². The molecule has 0 N–H and O–H groups in total. The van der Waals surface area contributed by atoms with Crippen molar-refractivity contribution in [2.24, 2.45) is 5.41 Å². The molecule has 64 valence electrons. The molecule has 1 aromatic rings. The molecule has 1 saturated carbocycles. The predicted molar refractivity (Wildman–Crippen MR) is 52.3 cm³/mol. The Kier molecular flexibility index (Phi) is 1.54. The number of benzene rings is 1. The van der Waals surface area contributed by atoms with Gasteiger partial charge in [-0.2, -0.15) is 0 Å². The van der Waals surface area contributed by atoms with E-state index in [9.17, 15) is 0 Å². The maximum Gasteiger partial charge on any atom is -0.0105 e. The molecule has 0 saturated heterocycles. The Morgan fingerprint density at radius 1 is 1.17 bits per heavy atom. The molecular formula is C12H16. The van der Waals surface area contributed by atoms with Crippen molar-refractivity contribution >= 4 is 0 Å². The maximum absolute atomic E-state index is 2.34. The van der Waals surface area contributed by atoms with Gasteiger partial charge in [-0.1, -0.05) is 43.7 Å². The standard InChI is InChI=1S/C12H16/c1-9-4-6-10(7-5-9)11-8-12(11,2)3/h4-7,11H,8H2,1-3H3. The molecule has 1 aliphatic carbocycles. The summed E-state index contributed by atoms with van der Waals surface area (Å²) in [7, 11) is 0. The normalized spacial score (nSPS) is 25.4. The summed E-state index contributed by atoms with van der Waals surface area (Å²) in [5.74, 6) is 0.818. The van der Waals surface area contributed by atoms with Crippen LogP contribution in [0.5, 0.6) is 0 Å². The fraction of sp³-hybridized carbons (Fsp3) is 0.500. The van der Waals surface area contributed by atoms with Gasteiger partial charge in [0.2, 0.25) is 0 Å². The van der Waals surface area contributed by atoms with Crippen LogP contribution in [0.15, 0.2) is 24.3 Å². The van der Waals surface area contributed by atoms with Crippen molar-refractivity contribution in [1.82, 2.24) is 0 Å². The average Bonchev–Trinajstić information content (AvgIpc) is 2.61. The summed E-state index contributed by atoms with van der Waals surface area (Å²) in [6.45, 7) is 6.83. The van der Waals surface area contributed by atoms with Crippen molar-refractivity contribution in [3.8, 4) is 0 Å². The second-order valence-electron chi connectivity index (χ2n) is 4.66. The van der Waals surface area contributed by atoms with Crippen LogP contribution < -0.4 is 0 Å². The van der Waals surface area contributed by atoms with E-state index in [-0.39, 0.29) is 0 Å². The molecule has 0 aromatic heterocycles. The van der Waals surface area contributed by atoms with Crippen molar-refractivity contribution in [1.29, 1.82) is 0 Å². The summed E-state index contributed by atoms with van der Waals surface area (Å²) in [5.41, 5.74) is 3.44. The van der Waals surface area contributed by atoms with Gasteiger partial charge >= 0.3 is 0 Å². The van der Waals surface area contributed by atoms with Crippen molar-refractivity contribution in [2.45, 2.75) is 33.1 Å². The summed E-state index contributed by atoms with van der Waals surface area (Å²) in [4.78, 5) is 0. The molecule has 0 heteroatoms. The zero-order chi connectivity index (χ0) is 8.77. The zero-order valence-corrected chi connectivity index (χ0v) is 8.09. The highest BCUT2D eigenvalue weighted by molar-refractivity contribution is 5.30. The largest absolute Gasteiger partial charge is 0.0593 e. The number of rotatable bonds is 1. The van der Waals surface area contributed by atoms with Gasteiger partial charge in [0.25, 0.3) is 0 Å². The Labute approximate surface area is 74.6 Å². The Morgan fingerprint density at radius 3 is 2.08 bits per heavy atom. The molecule has 1 atom stereocenters. The summed E-state index contributed by atoms with van der Waals surface area (Å²) in [5, 5.41) is 0. The Balaban J connectivity index is 2.21. The van der Waals surface area contributed by atoms with Crippen LogP contribution >= 0.6 is 0 Å². The highest BCUT2D eigenvalue weighted by atomic mass is 14.5. The highest BCUT2D eigenvalue weighted by Gasteiger charge is 2.46. The molecule has 0 aliphatic heterocycles. The monoisotopic (exact) mass is 160 g/mol. The Bertz CT molecular complexity index is 279. The lowest BCUT2D eigenvalue weighted by molar-refractivity contribution is 0.621. The fourth-order valence-electron chi connectivity index (χ4n) is 1.83. The van der Waals surface area contributed by atoms with Crippen molar-refractivity contribution in [3.05, 3.63) is 35.4 Å². The molecule has 1 aliphatic rings. The van der Waals surface area contributed by atoms with E-state index < -0.39 is 0 Å². The third-order valence-electron chi connectivity index (χ3n) is 2.99. The molecule has 0 spiro atoms. The summed E-state index contributed by atoms with van der Waals surface area (Å²) in [6.07, 6.45) is 1.36. The smallest absolute Gasteiger partial charge is 0.0105 e. The van der Waals surface area contributed by atoms with E-state index >= 15 is 0 Å². The first-order chi connectivity index (χ1) is 5.59. The van der Waals surface area contributed by atoms with Gasteiger partial charge in [0.05, 0.1) is 0 Å². The minimum absolute atomic E-state index is 0.565. The maximum atomic E-state index is 2.34. The van der Waals surface area contributed by atoms with Gasteiger partial charge in [-0.25, -0.2) is 0 Å². The first-order valence-corrected chi connectivity index (χ1v) is 4.66. The van der Waals surface area contributed by atoms with Crippen LogP contribution in [0.25, 0.3) is 0 Å². The molecule has 0 amide bonds. The third-order valence-corrected chi connectivity index (χ3v) is 2.99. The van der Waals surface area contributed by atoms with Gasteiger partial charge in [-0.15, -0.1) is 0 Å². The molecule has 12 heavy (non-hydrogen) atoms. The molecule has 0 nitrogen and oxygen atoms in total. The summed E-state index contributed by atoms with van der Waals surface area (Å²) < 4.78 is 0. The molecular weight excluding hydrogens is 144 g/mol. The van der Waals surface area contributed by atoms with Gasteiger partial charge < -0.3 is 0 Å². The van der Waals surface area contributed by atoms with E-state index in [2.05, 4.69) is 45.0 Å². The van der Waals surface area contributed by atoms with E-state index in [1.165, 1.54) is 17.5 Å². The van der Waals surface area contributed by atoms with Gasteiger partial charge in [0, 0.05) is 0 Å². The highest BCUT2D eigenvalue weighted by Crippen LogP contribution is 2.58. The lowest BCUT2D eigenvalue weighted by Crippen LogP contribution is -1.89. The second kappa shape index (κ2) is 2.35. The summed E-state index contributed by atoms with van der Waals surface area (Å²) in [6, 6.07) is 8.97. The van der Waals surface area contributed by atoms with Gasteiger partial charge in [0.15, 0.2) is 0 Å². The van der Waals surface area contributed by atoms with Crippen LogP contribution in [-0.4, -0.2) is 0 Å². The zero-order valence-electron chi connectivity index (χ0n) is 8.09. The van der Waals surface area contributed by atoms with E-state index in [1.807, 2.05) is 0 Å². The fourth-order valence-corrected chi connectivity index (χ4v) is 1.83. The average molecular weight is 160 g/mol. The third kappa shape index (κ3) is 1.26. The topological polar surface area (TPSA) is 0 Å². The van der Waals surface area contributed by atoms with Crippen molar-refractivity contribution in [3.63, 3.8) is 0 Å². The lowest BCUT2D eigenvalue weighted by atomic mass is 10.0. The number of aryl methyl sites for hydroxylation is 1. The van der Waals surface area contributed by atoms with E-state index in [0.717, 1.165) is 5.92 Å². The molecule has 0 heterocycles. The molecule has 2 rings (SSSR count). The first-order valence-electron chi connectivity index (χ1n) is 4.66. The van der Waals surface area contributed by atoms with Crippen LogP contribution in [-0.2, 0) is 0 Å². The Morgan fingerprint density at radius 2 is 1.67 bits per heavy atom. The summed E-state index contributed by atoms with van der Waals surface area (Å²) >= 11 is 0. The van der Waals surface area contributed by atoms with E-state index in [0.29, 0.717) is 5.41 Å².